The molecule has 2 aliphatic rings. The van der Waals surface area contributed by atoms with Crippen LogP contribution in [0.1, 0.15) is 35.2 Å². The van der Waals surface area contributed by atoms with Gasteiger partial charge in [-0.1, -0.05) is 48.0 Å². The quantitative estimate of drug-likeness (QED) is 0.853. The summed E-state index contributed by atoms with van der Waals surface area (Å²) in [6.45, 7) is 1.24. The Hall–Kier alpha value is -2.53. The first-order chi connectivity index (χ1) is 13.1. The van der Waals surface area contributed by atoms with Crippen molar-refractivity contribution in [3.8, 4) is 0 Å². The summed E-state index contributed by atoms with van der Waals surface area (Å²) in [5, 5.41) is 6.97. The minimum atomic E-state index is -0.509. The molecular formula is C21H22ClN3O2. The van der Waals surface area contributed by atoms with E-state index < -0.39 is 5.66 Å². The molecule has 2 aromatic rings. The van der Waals surface area contributed by atoms with Gasteiger partial charge in [0, 0.05) is 32.4 Å². The van der Waals surface area contributed by atoms with Crippen molar-refractivity contribution >= 4 is 29.1 Å². The molecule has 6 heteroatoms. The zero-order valence-corrected chi connectivity index (χ0v) is 15.8. The summed E-state index contributed by atoms with van der Waals surface area (Å²) in [6.07, 6.45) is 2.60. The molecule has 140 valence electrons. The number of nitrogens with zero attached hydrogens (tertiary/aromatic N) is 1. The molecule has 0 bridgehead atoms. The normalized spacial score (nSPS) is 17.8. The van der Waals surface area contributed by atoms with Crippen molar-refractivity contribution in [1.29, 1.82) is 0 Å². The van der Waals surface area contributed by atoms with Crippen LogP contribution < -0.4 is 10.6 Å². The van der Waals surface area contributed by atoms with Gasteiger partial charge in [0.1, 0.15) is 5.66 Å². The van der Waals surface area contributed by atoms with Crippen molar-refractivity contribution in [1.82, 2.24) is 10.2 Å². The number of rotatable bonds is 3. The van der Waals surface area contributed by atoms with E-state index in [1.54, 1.807) is 6.07 Å². The van der Waals surface area contributed by atoms with Gasteiger partial charge in [0.25, 0.3) is 5.91 Å². The number of likely N-dealkylation sites (tertiary alicyclic amines) is 1. The average molecular weight is 384 g/mol. The van der Waals surface area contributed by atoms with Crippen molar-refractivity contribution in [3.63, 3.8) is 0 Å². The molecule has 2 heterocycles. The van der Waals surface area contributed by atoms with Gasteiger partial charge in [-0.3, -0.25) is 9.59 Å². The molecule has 0 aromatic heterocycles. The third-order valence-electron chi connectivity index (χ3n) is 5.41. The van der Waals surface area contributed by atoms with Gasteiger partial charge in [-0.05, 0) is 24.1 Å². The largest absolute Gasteiger partial charge is 0.362 e. The summed E-state index contributed by atoms with van der Waals surface area (Å²) in [6, 6.07) is 15.5. The predicted octanol–water partition coefficient (Wildman–Crippen LogP) is 3.45. The minimum absolute atomic E-state index is 0.154. The zero-order chi connectivity index (χ0) is 18.9. The standard InChI is InChI=1S/C21H22ClN3O2/c22-16-7-4-8-17-19(16)20(27)24-21(23-17)11-13-25(14-12-21)18(26)10-9-15-5-2-1-3-6-15/h1-8,23H,9-14H2,(H,24,27). The molecule has 5 nitrogen and oxygen atoms in total. The lowest BCUT2D eigenvalue weighted by Crippen LogP contribution is -2.62. The van der Waals surface area contributed by atoms with Crippen molar-refractivity contribution < 1.29 is 9.59 Å². The Morgan fingerprint density at radius 3 is 2.52 bits per heavy atom. The van der Waals surface area contributed by atoms with Gasteiger partial charge in [0.2, 0.25) is 5.91 Å². The summed E-state index contributed by atoms with van der Waals surface area (Å²) in [5.74, 6) is 0.0116. The highest BCUT2D eigenvalue weighted by Crippen LogP contribution is 2.34. The maximum absolute atomic E-state index is 12.6. The van der Waals surface area contributed by atoms with Crippen LogP contribution in [0.15, 0.2) is 48.5 Å². The molecule has 0 aliphatic carbocycles. The van der Waals surface area contributed by atoms with Gasteiger partial charge in [-0.25, -0.2) is 0 Å². The van der Waals surface area contributed by atoms with Crippen molar-refractivity contribution in [2.75, 3.05) is 18.4 Å². The molecule has 0 atom stereocenters. The SMILES string of the molecule is O=C1NC2(CCN(C(=O)CCc3ccccc3)CC2)Nc2cccc(Cl)c21. The number of anilines is 1. The first kappa shape index (κ1) is 17.9. The summed E-state index contributed by atoms with van der Waals surface area (Å²) in [7, 11) is 0. The van der Waals surface area contributed by atoms with Gasteiger partial charge < -0.3 is 15.5 Å². The highest BCUT2D eigenvalue weighted by molar-refractivity contribution is 6.34. The van der Waals surface area contributed by atoms with Gasteiger partial charge in [0.05, 0.1) is 16.3 Å². The number of carbonyl (C=O) groups is 2. The predicted molar refractivity (Wildman–Crippen MR) is 106 cm³/mol. The number of carbonyl (C=O) groups excluding carboxylic acids is 2. The topological polar surface area (TPSA) is 61.4 Å². The number of halogens is 1. The lowest BCUT2D eigenvalue weighted by Gasteiger charge is -2.46. The van der Waals surface area contributed by atoms with E-state index in [9.17, 15) is 9.59 Å². The summed E-state index contributed by atoms with van der Waals surface area (Å²) in [4.78, 5) is 27.0. The van der Waals surface area contributed by atoms with Crippen LogP contribution in [0.25, 0.3) is 0 Å². The fraction of sp³-hybridized carbons (Fsp3) is 0.333. The van der Waals surface area contributed by atoms with E-state index in [1.807, 2.05) is 47.4 Å². The fourth-order valence-electron chi connectivity index (χ4n) is 3.87. The maximum Gasteiger partial charge on any atom is 0.256 e. The third-order valence-corrected chi connectivity index (χ3v) is 5.72. The Labute approximate surface area is 163 Å². The van der Waals surface area contributed by atoms with E-state index in [0.29, 0.717) is 42.9 Å². The molecule has 0 saturated carbocycles. The number of hydrogen-bond donors (Lipinski definition) is 2. The van der Waals surface area contributed by atoms with E-state index in [-0.39, 0.29) is 11.8 Å². The van der Waals surface area contributed by atoms with Crippen LogP contribution in [0.5, 0.6) is 0 Å². The highest BCUT2D eigenvalue weighted by Gasteiger charge is 2.41. The van der Waals surface area contributed by atoms with E-state index in [1.165, 1.54) is 5.56 Å². The summed E-state index contributed by atoms with van der Waals surface area (Å²) >= 11 is 6.16. The van der Waals surface area contributed by atoms with Crippen molar-refractivity contribution in [2.24, 2.45) is 0 Å². The summed E-state index contributed by atoms with van der Waals surface area (Å²) < 4.78 is 0. The van der Waals surface area contributed by atoms with Crippen LogP contribution in [0.3, 0.4) is 0 Å². The molecule has 2 aliphatic heterocycles. The number of hydrogen-bond acceptors (Lipinski definition) is 3. The first-order valence-electron chi connectivity index (χ1n) is 9.27. The van der Waals surface area contributed by atoms with Gasteiger partial charge in [0.15, 0.2) is 0 Å². The number of aryl methyl sites for hydroxylation is 1. The molecule has 4 rings (SSSR count). The molecule has 27 heavy (non-hydrogen) atoms. The van der Waals surface area contributed by atoms with Crippen molar-refractivity contribution in [2.45, 2.75) is 31.3 Å². The molecule has 0 radical (unpaired) electrons. The maximum atomic E-state index is 12.6. The van der Waals surface area contributed by atoms with Crippen LogP contribution >= 0.6 is 11.6 Å². The highest BCUT2D eigenvalue weighted by atomic mass is 35.5. The number of amides is 2. The second-order valence-electron chi connectivity index (χ2n) is 7.19. The van der Waals surface area contributed by atoms with Gasteiger partial charge in [-0.15, -0.1) is 0 Å². The number of nitrogens with one attached hydrogen (secondary N) is 2. The van der Waals surface area contributed by atoms with Crippen LogP contribution in [-0.2, 0) is 11.2 Å². The number of benzene rings is 2. The molecule has 2 aromatic carbocycles. The van der Waals surface area contributed by atoms with E-state index in [2.05, 4.69) is 10.6 Å². The van der Waals surface area contributed by atoms with Gasteiger partial charge in [-0.2, -0.15) is 0 Å². The molecule has 1 spiro atoms. The van der Waals surface area contributed by atoms with Crippen LogP contribution in [-0.4, -0.2) is 35.5 Å². The summed E-state index contributed by atoms with van der Waals surface area (Å²) in [5.41, 5.74) is 1.92. The Kier molecular flexibility index (Phi) is 4.79. The van der Waals surface area contributed by atoms with Gasteiger partial charge >= 0.3 is 0 Å². The van der Waals surface area contributed by atoms with E-state index in [0.717, 1.165) is 12.1 Å². The van der Waals surface area contributed by atoms with E-state index >= 15 is 0 Å². The molecule has 2 N–H and O–H groups in total. The van der Waals surface area contributed by atoms with Crippen LogP contribution in [0.2, 0.25) is 5.02 Å². The zero-order valence-electron chi connectivity index (χ0n) is 15.0. The Bertz CT molecular complexity index is 861. The lowest BCUT2D eigenvalue weighted by atomic mass is 9.92. The molecule has 1 fully saturated rings. The Balaban J connectivity index is 1.37. The lowest BCUT2D eigenvalue weighted by molar-refractivity contribution is -0.132. The van der Waals surface area contributed by atoms with Crippen LogP contribution in [0, 0.1) is 0 Å². The number of piperidine rings is 1. The molecule has 1 saturated heterocycles. The Morgan fingerprint density at radius 1 is 1.04 bits per heavy atom. The first-order valence-corrected chi connectivity index (χ1v) is 9.65. The smallest absolute Gasteiger partial charge is 0.256 e. The second-order valence-corrected chi connectivity index (χ2v) is 7.60. The second kappa shape index (κ2) is 7.24. The minimum Gasteiger partial charge on any atom is -0.362 e. The van der Waals surface area contributed by atoms with E-state index in [4.69, 9.17) is 11.6 Å². The third kappa shape index (κ3) is 3.65. The van der Waals surface area contributed by atoms with Crippen LogP contribution in [0.4, 0.5) is 5.69 Å². The average Bonchev–Trinajstić information content (AvgIpc) is 2.67. The Morgan fingerprint density at radius 2 is 1.78 bits per heavy atom. The molecule has 0 unspecified atom stereocenters. The molecular weight excluding hydrogens is 362 g/mol. The van der Waals surface area contributed by atoms with Crippen molar-refractivity contribution in [3.05, 3.63) is 64.7 Å². The fourth-order valence-corrected chi connectivity index (χ4v) is 4.13. The number of fused-ring (bicyclic) bond motifs is 1. The monoisotopic (exact) mass is 383 g/mol. The molecule has 2 amide bonds.